The molecule has 0 N–H and O–H groups in total. The minimum Gasteiger partial charge on any atom is -0.497 e. The van der Waals surface area contributed by atoms with Crippen LogP contribution in [0.15, 0.2) is 12.1 Å². The van der Waals surface area contributed by atoms with Crippen molar-refractivity contribution in [1.29, 1.82) is 0 Å². The summed E-state index contributed by atoms with van der Waals surface area (Å²) in [6.45, 7) is 2.17. The Balaban J connectivity index is 3.12. The molecule has 3 heteroatoms. The van der Waals surface area contributed by atoms with Crippen LogP contribution in [0.4, 0.5) is 0 Å². The first-order valence-electron chi connectivity index (χ1n) is 4.63. The number of rotatable bonds is 4. The Labute approximate surface area is 98.7 Å². The number of methoxy groups -OCH3 is 2. The number of aryl methyl sites for hydroxylation is 1. The van der Waals surface area contributed by atoms with Crippen molar-refractivity contribution in [2.75, 3.05) is 14.2 Å². The number of hydrogen-bond donors (Lipinski definition) is 0. The monoisotopic (exact) mass is 306 g/mol. The molecule has 0 aliphatic rings. The van der Waals surface area contributed by atoms with E-state index in [4.69, 9.17) is 9.47 Å². The van der Waals surface area contributed by atoms with Crippen LogP contribution in [0.3, 0.4) is 0 Å². The van der Waals surface area contributed by atoms with Crippen molar-refractivity contribution in [1.82, 2.24) is 0 Å². The highest BCUT2D eigenvalue weighted by molar-refractivity contribution is 14.1. The van der Waals surface area contributed by atoms with E-state index in [9.17, 15) is 0 Å². The van der Waals surface area contributed by atoms with Crippen molar-refractivity contribution >= 4 is 22.6 Å². The van der Waals surface area contributed by atoms with Gasteiger partial charge in [0.1, 0.15) is 11.5 Å². The first-order chi connectivity index (χ1) is 6.72. The van der Waals surface area contributed by atoms with Crippen LogP contribution < -0.4 is 9.47 Å². The highest BCUT2D eigenvalue weighted by Gasteiger charge is 2.08. The lowest BCUT2D eigenvalue weighted by molar-refractivity contribution is 0.391. The summed E-state index contributed by atoms with van der Waals surface area (Å²) in [4.78, 5) is 0. The van der Waals surface area contributed by atoms with Gasteiger partial charge < -0.3 is 9.47 Å². The molecule has 0 spiro atoms. The molecule has 0 aliphatic heterocycles. The zero-order valence-electron chi connectivity index (χ0n) is 8.76. The molecular formula is C11H15IO2. The summed E-state index contributed by atoms with van der Waals surface area (Å²) in [5, 5.41) is 0. The summed E-state index contributed by atoms with van der Waals surface area (Å²) in [6.07, 6.45) is 2.19. The minimum atomic E-state index is 0.866. The molecule has 0 aliphatic carbocycles. The fourth-order valence-corrected chi connectivity index (χ4v) is 2.15. The van der Waals surface area contributed by atoms with Crippen LogP contribution in [0.1, 0.15) is 18.9 Å². The molecule has 1 aromatic rings. The van der Waals surface area contributed by atoms with Crippen LogP contribution in [0.25, 0.3) is 0 Å². The van der Waals surface area contributed by atoms with Crippen LogP contribution in [-0.4, -0.2) is 14.2 Å². The number of hydrogen-bond acceptors (Lipinski definition) is 2. The SMILES string of the molecule is CCCc1cc(OC)cc(OC)c1I. The predicted octanol–water partition coefficient (Wildman–Crippen LogP) is 3.26. The summed E-state index contributed by atoms with van der Waals surface area (Å²) in [6, 6.07) is 3.99. The van der Waals surface area contributed by atoms with E-state index in [2.05, 4.69) is 35.6 Å². The molecule has 0 fully saturated rings. The average molecular weight is 306 g/mol. The summed E-state index contributed by atoms with van der Waals surface area (Å²) in [5.74, 6) is 1.76. The highest BCUT2D eigenvalue weighted by atomic mass is 127. The van der Waals surface area contributed by atoms with Gasteiger partial charge in [0.15, 0.2) is 0 Å². The number of halogens is 1. The van der Waals surface area contributed by atoms with Crippen LogP contribution in [0.2, 0.25) is 0 Å². The second kappa shape index (κ2) is 5.44. The molecule has 0 saturated heterocycles. The van der Waals surface area contributed by atoms with Gasteiger partial charge in [-0.1, -0.05) is 13.3 Å². The van der Waals surface area contributed by atoms with Crippen LogP contribution in [-0.2, 0) is 6.42 Å². The van der Waals surface area contributed by atoms with Gasteiger partial charge in [0.05, 0.1) is 17.8 Å². The molecule has 2 nitrogen and oxygen atoms in total. The smallest absolute Gasteiger partial charge is 0.136 e. The van der Waals surface area contributed by atoms with Gasteiger partial charge in [-0.25, -0.2) is 0 Å². The van der Waals surface area contributed by atoms with E-state index in [1.54, 1.807) is 14.2 Å². The van der Waals surface area contributed by atoms with Gasteiger partial charge in [0.25, 0.3) is 0 Å². The van der Waals surface area contributed by atoms with Crippen molar-refractivity contribution in [3.8, 4) is 11.5 Å². The van der Waals surface area contributed by atoms with E-state index in [1.165, 1.54) is 9.13 Å². The van der Waals surface area contributed by atoms with Crippen LogP contribution >= 0.6 is 22.6 Å². The van der Waals surface area contributed by atoms with Gasteiger partial charge in [0.2, 0.25) is 0 Å². The van der Waals surface area contributed by atoms with Gasteiger partial charge in [-0.3, -0.25) is 0 Å². The van der Waals surface area contributed by atoms with E-state index in [0.717, 1.165) is 24.3 Å². The molecule has 0 bridgehead atoms. The standard InChI is InChI=1S/C11H15IO2/c1-4-5-8-6-9(13-2)7-10(14-3)11(8)12/h6-7H,4-5H2,1-3H3. The average Bonchev–Trinajstić information content (AvgIpc) is 2.21. The maximum absolute atomic E-state index is 5.29. The Bertz CT molecular complexity index is 310. The van der Waals surface area contributed by atoms with Gasteiger partial charge in [-0.2, -0.15) is 0 Å². The fraction of sp³-hybridized carbons (Fsp3) is 0.455. The summed E-state index contributed by atoms with van der Waals surface area (Å²) < 4.78 is 11.7. The van der Waals surface area contributed by atoms with Gasteiger partial charge in [-0.15, -0.1) is 0 Å². The lowest BCUT2D eigenvalue weighted by atomic mass is 10.1. The number of ether oxygens (including phenoxy) is 2. The van der Waals surface area contributed by atoms with Crippen molar-refractivity contribution in [2.45, 2.75) is 19.8 Å². The molecule has 0 aromatic heterocycles. The summed E-state index contributed by atoms with van der Waals surface area (Å²) in [5.41, 5.74) is 1.30. The zero-order valence-corrected chi connectivity index (χ0v) is 10.9. The molecule has 0 amide bonds. The Kier molecular flexibility index (Phi) is 4.51. The minimum absolute atomic E-state index is 0.866. The molecule has 0 atom stereocenters. The molecule has 0 heterocycles. The van der Waals surface area contributed by atoms with E-state index >= 15 is 0 Å². The molecule has 0 unspecified atom stereocenters. The third kappa shape index (κ3) is 2.53. The first kappa shape index (κ1) is 11.6. The van der Waals surface area contributed by atoms with Crippen molar-refractivity contribution in [3.63, 3.8) is 0 Å². The highest BCUT2D eigenvalue weighted by Crippen LogP contribution is 2.30. The molecule has 0 saturated carbocycles. The largest absolute Gasteiger partial charge is 0.497 e. The van der Waals surface area contributed by atoms with E-state index in [0.29, 0.717) is 0 Å². The third-order valence-corrected chi connectivity index (χ3v) is 3.29. The summed E-state index contributed by atoms with van der Waals surface area (Å²) >= 11 is 2.32. The molecule has 1 rings (SSSR count). The molecule has 0 radical (unpaired) electrons. The second-order valence-corrected chi connectivity index (χ2v) is 4.13. The maximum atomic E-state index is 5.29. The first-order valence-corrected chi connectivity index (χ1v) is 5.71. The van der Waals surface area contributed by atoms with E-state index in [1.807, 2.05) is 6.07 Å². The van der Waals surface area contributed by atoms with Crippen molar-refractivity contribution in [2.24, 2.45) is 0 Å². The fourth-order valence-electron chi connectivity index (χ4n) is 1.35. The van der Waals surface area contributed by atoms with Crippen molar-refractivity contribution in [3.05, 3.63) is 21.3 Å². The lowest BCUT2D eigenvalue weighted by Gasteiger charge is -2.11. The maximum Gasteiger partial charge on any atom is 0.136 e. The van der Waals surface area contributed by atoms with E-state index in [-0.39, 0.29) is 0 Å². The zero-order chi connectivity index (χ0) is 10.6. The number of benzene rings is 1. The van der Waals surface area contributed by atoms with Crippen molar-refractivity contribution < 1.29 is 9.47 Å². The summed E-state index contributed by atoms with van der Waals surface area (Å²) in [7, 11) is 3.37. The normalized spacial score (nSPS) is 10.0. The molecule has 1 aromatic carbocycles. The Morgan fingerprint density at radius 3 is 2.43 bits per heavy atom. The molecule has 78 valence electrons. The molecular weight excluding hydrogens is 291 g/mol. The van der Waals surface area contributed by atoms with Gasteiger partial charge in [0, 0.05) is 6.07 Å². The Morgan fingerprint density at radius 2 is 1.93 bits per heavy atom. The Hall–Kier alpha value is -0.450. The quantitative estimate of drug-likeness (QED) is 0.795. The van der Waals surface area contributed by atoms with Gasteiger partial charge >= 0.3 is 0 Å². The third-order valence-electron chi connectivity index (χ3n) is 2.06. The van der Waals surface area contributed by atoms with Crippen LogP contribution in [0, 0.1) is 3.57 Å². The van der Waals surface area contributed by atoms with Gasteiger partial charge in [-0.05, 0) is 40.6 Å². The van der Waals surface area contributed by atoms with Crippen LogP contribution in [0.5, 0.6) is 11.5 Å². The molecule has 14 heavy (non-hydrogen) atoms. The lowest BCUT2D eigenvalue weighted by Crippen LogP contribution is -1.95. The predicted molar refractivity (Wildman–Crippen MR) is 66.3 cm³/mol. The topological polar surface area (TPSA) is 18.5 Å². The van der Waals surface area contributed by atoms with E-state index < -0.39 is 0 Å². The Morgan fingerprint density at radius 1 is 1.21 bits per heavy atom. The second-order valence-electron chi connectivity index (χ2n) is 3.05.